The maximum Gasteiger partial charge on any atom is 0.188 e. The Morgan fingerprint density at radius 3 is 2.56 bits per heavy atom. The Kier molecular flexibility index (Phi) is 3.95. The fraction of sp³-hybridized carbons (Fsp3) is 0.167. The molecule has 0 N–H and O–H groups in total. The number of hydrogen-bond donors (Lipinski definition) is 0. The zero-order valence-corrected chi connectivity index (χ0v) is 11.7. The van der Waals surface area contributed by atoms with Crippen LogP contribution in [0.2, 0.25) is 15.1 Å². The van der Waals surface area contributed by atoms with Crippen molar-refractivity contribution in [2.24, 2.45) is 0 Å². The summed E-state index contributed by atoms with van der Waals surface area (Å²) in [4.78, 5) is 12.3. The van der Waals surface area contributed by atoms with Gasteiger partial charge in [0.1, 0.15) is 6.04 Å². The van der Waals surface area contributed by atoms with Crippen LogP contribution in [0, 0.1) is 0 Å². The zero-order valence-electron chi connectivity index (χ0n) is 9.40. The summed E-state index contributed by atoms with van der Waals surface area (Å²) in [6.45, 7) is 1.73. The summed E-state index contributed by atoms with van der Waals surface area (Å²) in [5.41, 5.74) is 0.417. The van der Waals surface area contributed by atoms with Gasteiger partial charge in [-0.05, 0) is 25.1 Å². The van der Waals surface area contributed by atoms with Crippen molar-refractivity contribution in [1.29, 1.82) is 0 Å². The number of rotatable bonds is 3. The number of benzene rings is 1. The molecular weight excluding hydrogens is 295 g/mol. The summed E-state index contributed by atoms with van der Waals surface area (Å²) in [7, 11) is 0. The molecular formula is C12H9Cl3N2O. The van der Waals surface area contributed by atoms with Crippen LogP contribution in [0.1, 0.15) is 23.3 Å². The highest BCUT2D eigenvalue weighted by atomic mass is 35.5. The second-order valence-electron chi connectivity index (χ2n) is 3.80. The molecule has 0 spiro atoms. The van der Waals surface area contributed by atoms with Gasteiger partial charge < -0.3 is 0 Å². The van der Waals surface area contributed by atoms with Gasteiger partial charge in [0.25, 0.3) is 0 Å². The van der Waals surface area contributed by atoms with Crippen molar-refractivity contribution in [3.63, 3.8) is 0 Å². The van der Waals surface area contributed by atoms with Gasteiger partial charge in [-0.2, -0.15) is 5.10 Å². The first-order valence-electron chi connectivity index (χ1n) is 5.18. The molecule has 3 nitrogen and oxygen atoms in total. The van der Waals surface area contributed by atoms with Gasteiger partial charge >= 0.3 is 0 Å². The van der Waals surface area contributed by atoms with E-state index in [0.29, 0.717) is 20.6 Å². The van der Waals surface area contributed by atoms with Crippen LogP contribution >= 0.6 is 34.8 Å². The minimum Gasteiger partial charge on any atom is -0.292 e. The Morgan fingerprint density at radius 2 is 2.00 bits per heavy atom. The molecule has 2 aromatic rings. The average Bonchev–Trinajstić information content (AvgIpc) is 2.74. The van der Waals surface area contributed by atoms with E-state index in [1.165, 1.54) is 10.9 Å². The lowest BCUT2D eigenvalue weighted by Gasteiger charge is -2.12. The number of halogens is 3. The second kappa shape index (κ2) is 5.31. The monoisotopic (exact) mass is 302 g/mol. The molecule has 6 heteroatoms. The fourth-order valence-corrected chi connectivity index (χ4v) is 2.21. The predicted molar refractivity (Wildman–Crippen MR) is 72.7 cm³/mol. The van der Waals surface area contributed by atoms with Gasteiger partial charge in [0, 0.05) is 16.8 Å². The molecule has 94 valence electrons. The van der Waals surface area contributed by atoms with Crippen molar-refractivity contribution >= 4 is 40.6 Å². The Balaban J connectivity index is 2.31. The molecule has 0 aliphatic heterocycles. The molecule has 1 atom stereocenters. The Hall–Kier alpha value is -1.03. The highest BCUT2D eigenvalue weighted by molar-refractivity contribution is 6.37. The second-order valence-corrected chi connectivity index (χ2v) is 5.08. The van der Waals surface area contributed by atoms with E-state index in [4.69, 9.17) is 34.8 Å². The molecule has 2 rings (SSSR count). The summed E-state index contributed by atoms with van der Waals surface area (Å²) >= 11 is 17.6. The number of carbonyl (C=O) groups is 1. The lowest BCUT2D eigenvalue weighted by molar-refractivity contribution is 0.0928. The molecule has 1 aromatic carbocycles. The molecule has 1 unspecified atom stereocenters. The summed E-state index contributed by atoms with van der Waals surface area (Å²) in [6.07, 6.45) is 3.07. The Bertz CT molecular complexity index is 595. The number of carbonyl (C=O) groups excluding carboxylic acids is 1. The van der Waals surface area contributed by atoms with Crippen LogP contribution < -0.4 is 0 Å². The van der Waals surface area contributed by atoms with E-state index in [-0.39, 0.29) is 5.78 Å². The highest BCUT2D eigenvalue weighted by Crippen LogP contribution is 2.25. The van der Waals surface area contributed by atoms with Gasteiger partial charge in [-0.3, -0.25) is 9.48 Å². The van der Waals surface area contributed by atoms with Crippen LogP contribution in [0.15, 0.2) is 30.6 Å². The Morgan fingerprint density at radius 1 is 1.28 bits per heavy atom. The largest absolute Gasteiger partial charge is 0.292 e. The van der Waals surface area contributed by atoms with E-state index in [1.54, 1.807) is 31.3 Å². The minimum absolute atomic E-state index is 0.142. The van der Waals surface area contributed by atoms with Crippen molar-refractivity contribution in [1.82, 2.24) is 9.78 Å². The third kappa shape index (κ3) is 2.69. The molecule has 0 aliphatic carbocycles. The summed E-state index contributed by atoms with van der Waals surface area (Å²) in [6, 6.07) is 4.30. The van der Waals surface area contributed by atoms with Gasteiger partial charge in [-0.15, -0.1) is 0 Å². The third-order valence-corrected chi connectivity index (χ3v) is 3.29. The maximum atomic E-state index is 12.3. The summed E-state index contributed by atoms with van der Waals surface area (Å²) < 4.78 is 1.50. The first-order valence-corrected chi connectivity index (χ1v) is 6.31. The van der Waals surface area contributed by atoms with Crippen LogP contribution in [0.3, 0.4) is 0 Å². The van der Waals surface area contributed by atoms with Crippen LogP contribution in [-0.4, -0.2) is 15.6 Å². The summed E-state index contributed by atoms with van der Waals surface area (Å²) in [5, 5.41) is 5.31. The van der Waals surface area contributed by atoms with Crippen LogP contribution in [0.25, 0.3) is 0 Å². The standard InChI is InChI=1S/C12H9Cl3N2O/c1-7(17-6-9(14)5-16-17)12(18)10-3-2-8(13)4-11(10)15/h2-7H,1H3. The topological polar surface area (TPSA) is 34.9 Å². The molecule has 0 bridgehead atoms. The lowest BCUT2D eigenvalue weighted by atomic mass is 10.1. The molecule has 0 amide bonds. The quantitative estimate of drug-likeness (QED) is 0.793. The van der Waals surface area contributed by atoms with Crippen molar-refractivity contribution in [3.8, 4) is 0 Å². The molecule has 0 fully saturated rings. The molecule has 0 aliphatic rings. The van der Waals surface area contributed by atoms with Gasteiger partial charge in [-0.1, -0.05) is 34.8 Å². The van der Waals surface area contributed by atoms with Gasteiger partial charge in [0.05, 0.1) is 16.2 Å². The van der Waals surface area contributed by atoms with Crippen LogP contribution in [-0.2, 0) is 0 Å². The molecule has 0 radical (unpaired) electrons. The fourth-order valence-electron chi connectivity index (χ4n) is 1.56. The SMILES string of the molecule is CC(C(=O)c1ccc(Cl)cc1Cl)n1cc(Cl)cn1. The minimum atomic E-state index is -0.476. The number of nitrogens with zero attached hydrogens (tertiary/aromatic N) is 2. The molecule has 1 aromatic heterocycles. The predicted octanol–water partition coefficient (Wildman–Crippen LogP) is 4.29. The lowest BCUT2D eigenvalue weighted by Crippen LogP contribution is -2.17. The number of aromatic nitrogens is 2. The van der Waals surface area contributed by atoms with E-state index in [1.807, 2.05) is 0 Å². The van der Waals surface area contributed by atoms with Gasteiger partial charge in [0.2, 0.25) is 0 Å². The number of hydrogen-bond acceptors (Lipinski definition) is 2. The first-order chi connectivity index (χ1) is 8.49. The van der Waals surface area contributed by atoms with Crippen molar-refractivity contribution in [2.75, 3.05) is 0 Å². The first kappa shape index (κ1) is 13.4. The number of Topliss-reactive ketones (excluding diaryl/α,β-unsaturated/α-hetero) is 1. The van der Waals surface area contributed by atoms with Crippen molar-refractivity contribution < 1.29 is 4.79 Å². The van der Waals surface area contributed by atoms with E-state index >= 15 is 0 Å². The molecule has 0 saturated heterocycles. The smallest absolute Gasteiger partial charge is 0.188 e. The van der Waals surface area contributed by atoms with Crippen LogP contribution in [0.5, 0.6) is 0 Å². The molecule has 18 heavy (non-hydrogen) atoms. The molecule has 1 heterocycles. The van der Waals surface area contributed by atoms with E-state index in [0.717, 1.165) is 0 Å². The normalized spacial score (nSPS) is 12.4. The third-order valence-electron chi connectivity index (χ3n) is 2.54. The van der Waals surface area contributed by atoms with E-state index in [9.17, 15) is 4.79 Å². The molecule has 0 saturated carbocycles. The van der Waals surface area contributed by atoms with Crippen molar-refractivity contribution in [3.05, 3.63) is 51.2 Å². The highest BCUT2D eigenvalue weighted by Gasteiger charge is 2.20. The Labute approximate surface area is 119 Å². The average molecular weight is 304 g/mol. The van der Waals surface area contributed by atoms with Crippen LogP contribution in [0.4, 0.5) is 0 Å². The maximum absolute atomic E-state index is 12.3. The van der Waals surface area contributed by atoms with E-state index in [2.05, 4.69) is 5.10 Å². The van der Waals surface area contributed by atoms with E-state index < -0.39 is 6.04 Å². The van der Waals surface area contributed by atoms with Crippen molar-refractivity contribution in [2.45, 2.75) is 13.0 Å². The number of ketones is 1. The van der Waals surface area contributed by atoms with Gasteiger partial charge in [0.15, 0.2) is 5.78 Å². The summed E-state index contributed by atoms with van der Waals surface area (Å²) in [5.74, 6) is -0.142. The van der Waals surface area contributed by atoms with Gasteiger partial charge in [-0.25, -0.2) is 0 Å². The zero-order chi connectivity index (χ0) is 13.3.